The lowest BCUT2D eigenvalue weighted by molar-refractivity contribution is 1.32. The minimum atomic E-state index is 0.925. The van der Waals surface area contributed by atoms with Crippen LogP contribution in [0.5, 0.6) is 0 Å². The van der Waals surface area contributed by atoms with Crippen LogP contribution < -0.4 is 0 Å². The molecule has 0 saturated heterocycles. The van der Waals surface area contributed by atoms with Gasteiger partial charge in [-0.25, -0.2) is 9.97 Å². The van der Waals surface area contributed by atoms with Crippen molar-refractivity contribution < 1.29 is 0 Å². The summed E-state index contributed by atoms with van der Waals surface area (Å²) in [7, 11) is 0. The van der Waals surface area contributed by atoms with Crippen molar-refractivity contribution >= 4 is 21.7 Å². The van der Waals surface area contributed by atoms with Gasteiger partial charge >= 0.3 is 0 Å². The summed E-state index contributed by atoms with van der Waals surface area (Å²) in [4.78, 5) is 10.6. The maximum absolute atomic E-state index is 5.36. The van der Waals surface area contributed by atoms with Gasteiger partial charge < -0.3 is 0 Å². The van der Waals surface area contributed by atoms with Gasteiger partial charge in [0.2, 0.25) is 0 Å². The van der Waals surface area contributed by atoms with E-state index in [1.165, 1.54) is 33.0 Å². The van der Waals surface area contributed by atoms with Crippen molar-refractivity contribution in [3.63, 3.8) is 0 Å². The Labute approximate surface area is 327 Å². The number of nitrogens with zero attached hydrogens (tertiary/aromatic N) is 2. The summed E-state index contributed by atoms with van der Waals surface area (Å²) in [6, 6.07) is 77.6. The summed E-state index contributed by atoms with van der Waals surface area (Å²) < 4.78 is 0. The Morgan fingerprint density at radius 2 is 0.679 bits per heavy atom. The molecule has 0 spiro atoms. The van der Waals surface area contributed by atoms with E-state index in [2.05, 4.69) is 212 Å². The van der Waals surface area contributed by atoms with Crippen LogP contribution in [0.2, 0.25) is 0 Å². The van der Waals surface area contributed by atoms with Gasteiger partial charge in [0.05, 0.1) is 22.6 Å². The molecule has 2 heterocycles. The molecule has 0 aliphatic heterocycles. The van der Waals surface area contributed by atoms with Crippen LogP contribution in [-0.2, 0) is 0 Å². The molecule has 0 aliphatic carbocycles. The molecule has 0 N–H and O–H groups in total. The summed E-state index contributed by atoms with van der Waals surface area (Å²) in [5.41, 5.74) is 16.3. The third kappa shape index (κ3) is 6.44. The molecule has 56 heavy (non-hydrogen) atoms. The van der Waals surface area contributed by atoms with E-state index < -0.39 is 0 Å². The summed E-state index contributed by atoms with van der Waals surface area (Å²) in [5, 5.41) is 3.49. The zero-order valence-corrected chi connectivity index (χ0v) is 30.7. The first-order chi connectivity index (χ1) is 27.7. The quantitative estimate of drug-likeness (QED) is 0.154. The van der Waals surface area contributed by atoms with Crippen LogP contribution in [0, 0.1) is 0 Å². The predicted molar refractivity (Wildman–Crippen MR) is 235 cm³/mol. The van der Waals surface area contributed by atoms with Gasteiger partial charge in [0.1, 0.15) is 0 Å². The maximum Gasteiger partial charge on any atom is 0.0722 e. The first kappa shape index (κ1) is 33.2. The zero-order valence-electron chi connectivity index (χ0n) is 30.7. The van der Waals surface area contributed by atoms with E-state index in [0.717, 1.165) is 66.9 Å². The number of aromatic nitrogens is 2. The molecule has 10 aromatic rings. The van der Waals surface area contributed by atoms with Crippen molar-refractivity contribution in [1.29, 1.82) is 0 Å². The molecule has 0 atom stereocenters. The number of pyridine rings is 2. The topological polar surface area (TPSA) is 25.8 Å². The van der Waals surface area contributed by atoms with Crippen molar-refractivity contribution in [3.8, 4) is 78.3 Å². The second-order valence-corrected chi connectivity index (χ2v) is 14.2. The molecule has 0 radical (unpaired) electrons. The minimum Gasteiger partial charge on any atom is -0.248 e. The lowest BCUT2D eigenvalue weighted by Crippen LogP contribution is -1.94. The molecule has 2 heteroatoms. The van der Waals surface area contributed by atoms with Crippen molar-refractivity contribution in [2.75, 3.05) is 0 Å². The second kappa shape index (κ2) is 14.4. The van der Waals surface area contributed by atoms with Crippen LogP contribution in [0.3, 0.4) is 0 Å². The Bertz CT molecular complexity index is 2920. The normalized spacial score (nSPS) is 11.2. The third-order valence-corrected chi connectivity index (χ3v) is 10.6. The molecule has 0 bridgehead atoms. The highest BCUT2D eigenvalue weighted by atomic mass is 14.7. The Morgan fingerprint density at radius 1 is 0.250 bits per heavy atom. The second-order valence-electron chi connectivity index (χ2n) is 14.2. The molecule has 2 aromatic heterocycles. The van der Waals surface area contributed by atoms with E-state index in [1.807, 2.05) is 6.07 Å². The minimum absolute atomic E-state index is 0.925. The zero-order chi connectivity index (χ0) is 37.3. The van der Waals surface area contributed by atoms with Crippen LogP contribution in [0.4, 0.5) is 0 Å². The molecular formula is C54H36N2. The largest absolute Gasteiger partial charge is 0.248 e. The molecule has 0 unspecified atom stereocenters. The highest BCUT2D eigenvalue weighted by Gasteiger charge is 2.16. The third-order valence-electron chi connectivity index (χ3n) is 10.6. The first-order valence-electron chi connectivity index (χ1n) is 19.1. The summed E-state index contributed by atoms with van der Waals surface area (Å²) in [6.45, 7) is 0. The number of benzene rings is 8. The summed E-state index contributed by atoms with van der Waals surface area (Å²) in [5.74, 6) is 0. The van der Waals surface area contributed by atoms with E-state index in [-0.39, 0.29) is 0 Å². The van der Waals surface area contributed by atoms with Gasteiger partial charge in [-0.05, 0) is 104 Å². The van der Waals surface area contributed by atoms with Gasteiger partial charge in [-0.1, -0.05) is 170 Å². The molecule has 262 valence electrons. The molecule has 2 nitrogen and oxygen atoms in total. The Morgan fingerprint density at radius 3 is 1.23 bits per heavy atom. The fourth-order valence-corrected chi connectivity index (χ4v) is 7.81. The Balaban J connectivity index is 1.20. The number of hydrogen-bond donors (Lipinski definition) is 0. The van der Waals surface area contributed by atoms with Gasteiger partial charge in [-0.2, -0.15) is 0 Å². The molecule has 0 aliphatic rings. The molecule has 0 saturated carbocycles. The highest BCUT2D eigenvalue weighted by molar-refractivity contribution is 6.14. The molecule has 10 rings (SSSR count). The SMILES string of the molecule is c1ccc(-c2cc(-c3ccccc3)cc(-c3cc(-c4ccc5ccc6nc(-c7ccccc7)cc(-c7ccccc7)c6c5c4)cc(-c4ccccc4)n3)c2)cc1. The van der Waals surface area contributed by atoms with Crippen LogP contribution in [-0.4, -0.2) is 9.97 Å². The lowest BCUT2D eigenvalue weighted by Gasteiger charge is -2.15. The van der Waals surface area contributed by atoms with E-state index in [9.17, 15) is 0 Å². The number of fused-ring (bicyclic) bond motifs is 3. The van der Waals surface area contributed by atoms with Gasteiger partial charge in [-0.3, -0.25) is 0 Å². The fourth-order valence-electron chi connectivity index (χ4n) is 7.81. The highest BCUT2D eigenvalue weighted by Crippen LogP contribution is 2.40. The number of rotatable bonds is 7. The van der Waals surface area contributed by atoms with Crippen molar-refractivity contribution in [3.05, 3.63) is 218 Å². The van der Waals surface area contributed by atoms with Gasteiger partial charge in [0.15, 0.2) is 0 Å². The van der Waals surface area contributed by atoms with E-state index in [1.54, 1.807) is 0 Å². The molecule has 8 aromatic carbocycles. The fraction of sp³-hybridized carbons (Fsp3) is 0. The van der Waals surface area contributed by atoms with E-state index >= 15 is 0 Å². The van der Waals surface area contributed by atoms with Crippen molar-refractivity contribution in [2.45, 2.75) is 0 Å². The smallest absolute Gasteiger partial charge is 0.0722 e. The number of hydrogen-bond acceptors (Lipinski definition) is 2. The van der Waals surface area contributed by atoms with Crippen LogP contribution in [0.15, 0.2) is 218 Å². The van der Waals surface area contributed by atoms with Gasteiger partial charge in [-0.15, -0.1) is 0 Å². The van der Waals surface area contributed by atoms with Crippen LogP contribution >= 0.6 is 0 Å². The summed E-state index contributed by atoms with van der Waals surface area (Å²) in [6.07, 6.45) is 0. The molecule has 0 amide bonds. The monoisotopic (exact) mass is 712 g/mol. The molecular weight excluding hydrogens is 677 g/mol. The average molecular weight is 713 g/mol. The van der Waals surface area contributed by atoms with Crippen LogP contribution in [0.1, 0.15) is 0 Å². The maximum atomic E-state index is 5.36. The van der Waals surface area contributed by atoms with Crippen molar-refractivity contribution in [1.82, 2.24) is 9.97 Å². The van der Waals surface area contributed by atoms with Gasteiger partial charge in [0, 0.05) is 22.1 Å². The lowest BCUT2D eigenvalue weighted by atomic mass is 9.91. The van der Waals surface area contributed by atoms with Gasteiger partial charge in [0.25, 0.3) is 0 Å². The standard InChI is InChI=1S/C54H36N2/c1-6-16-37(17-7-1)44-30-45(38-18-8-2-9-19-38)32-47(31-44)52-35-46(34-51(56-52)41-22-12-4-13-23-41)43-27-26-40-28-29-50-54(48(40)33-43)49(39-20-10-3-11-21-39)36-53(55-50)42-24-14-5-15-25-42/h1-36H. The molecule has 0 fully saturated rings. The average Bonchev–Trinajstić information content (AvgIpc) is 3.29. The van der Waals surface area contributed by atoms with E-state index in [0.29, 0.717) is 0 Å². The van der Waals surface area contributed by atoms with Crippen LogP contribution in [0.25, 0.3) is 100.0 Å². The summed E-state index contributed by atoms with van der Waals surface area (Å²) >= 11 is 0. The first-order valence-corrected chi connectivity index (χ1v) is 19.1. The Kier molecular flexibility index (Phi) is 8.55. The van der Waals surface area contributed by atoms with Crippen molar-refractivity contribution in [2.24, 2.45) is 0 Å². The Hall–Kier alpha value is -7.42. The van der Waals surface area contributed by atoms with E-state index in [4.69, 9.17) is 9.97 Å². The predicted octanol–water partition coefficient (Wildman–Crippen LogP) is 14.5.